The van der Waals surface area contributed by atoms with Crippen LogP contribution in [0.25, 0.3) is 0 Å². The van der Waals surface area contributed by atoms with Gasteiger partial charge in [0, 0.05) is 12.6 Å². The molecule has 0 spiro atoms. The molecule has 0 bridgehead atoms. The molecule has 0 aliphatic carbocycles. The summed E-state index contributed by atoms with van der Waals surface area (Å²) in [6, 6.07) is 0.459. The van der Waals surface area contributed by atoms with Crippen LogP contribution in [0.3, 0.4) is 0 Å². The normalized spacial score (nSPS) is 18.5. The van der Waals surface area contributed by atoms with Crippen molar-refractivity contribution < 1.29 is 14.3 Å². The Balaban J connectivity index is 1.82. The minimum atomic E-state index is -1.07. The Bertz CT molecular complexity index is 399. The van der Waals surface area contributed by atoms with Gasteiger partial charge in [0.15, 0.2) is 5.69 Å². The van der Waals surface area contributed by atoms with E-state index in [1.807, 2.05) is 6.92 Å². The molecule has 1 aromatic rings. The molecular formula is C12H19N3O3. The van der Waals surface area contributed by atoms with Gasteiger partial charge in [0.05, 0.1) is 0 Å². The molecule has 0 amide bonds. The van der Waals surface area contributed by atoms with Crippen LogP contribution in [0.5, 0.6) is 0 Å². The van der Waals surface area contributed by atoms with E-state index in [0.29, 0.717) is 0 Å². The molecule has 0 aromatic carbocycles. The summed E-state index contributed by atoms with van der Waals surface area (Å²) in [5, 5.41) is 11.8. The number of carboxylic acid groups (broad SMARTS) is 1. The fourth-order valence-corrected chi connectivity index (χ4v) is 2.22. The fraction of sp³-hybridized carbons (Fsp3) is 0.667. The van der Waals surface area contributed by atoms with Crippen LogP contribution in [0.4, 0.5) is 6.01 Å². The quantitative estimate of drug-likeness (QED) is 0.831. The summed E-state index contributed by atoms with van der Waals surface area (Å²) in [7, 11) is 0. The van der Waals surface area contributed by atoms with Crippen molar-refractivity contribution in [1.29, 1.82) is 0 Å². The maximum absolute atomic E-state index is 10.7. The molecule has 1 saturated heterocycles. The van der Waals surface area contributed by atoms with Gasteiger partial charge in [-0.05, 0) is 32.9 Å². The number of piperidine rings is 1. The molecule has 100 valence electrons. The SMILES string of the molecule is CC(CN1CCCCC1)Nc1nc(C(=O)O)co1. The Morgan fingerprint density at radius 3 is 2.89 bits per heavy atom. The summed E-state index contributed by atoms with van der Waals surface area (Å²) < 4.78 is 5.06. The zero-order chi connectivity index (χ0) is 13.0. The molecular weight excluding hydrogens is 234 g/mol. The minimum absolute atomic E-state index is 0.0670. The molecule has 6 nitrogen and oxygen atoms in total. The lowest BCUT2D eigenvalue weighted by molar-refractivity contribution is 0.0690. The predicted molar refractivity (Wildman–Crippen MR) is 66.8 cm³/mol. The number of nitrogens with zero attached hydrogens (tertiary/aromatic N) is 2. The largest absolute Gasteiger partial charge is 0.476 e. The second-order valence-corrected chi connectivity index (χ2v) is 4.75. The van der Waals surface area contributed by atoms with Crippen molar-refractivity contribution >= 4 is 12.0 Å². The van der Waals surface area contributed by atoms with Crippen LogP contribution in [0, 0.1) is 0 Å². The van der Waals surface area contributed by atoms with Crippen molar-refractivity contribution in [2.24, 2.45) is 0 Å². The number of carboxylic acids is 1. The van der Waals surface area contributed by atoms with E-state index in [1.165, 1.54) is 19.3 Å². The number of aromatic carboxylic acids is 1. The molecule has 1 aliphatic rings. The Morgan fingerprint density at radius 2 is 2.28 bits per heavy atom. The van der Waals surface area contributed by atoms with Crippen LogP contribution in [0.2, 0.25) is 0 Å². The number of likely N-dealkylation sites (tertiary alicyclic amines) is 1. The van der Waals surface area contributed by atoms with Crippen molar-refractivity contribution in [1.82, 2.24) is 9.88 Å². The van der Waals surface area contributed by atoms with Gasteiger partial charge in [-0.15, -0.1) is 0 Å². The third-order valence-electron chi connectivity index (χ3n) is 3.07. The molecule has 1 aliphatic heterocycles. The number of rotatable bonds is 5. The Hall–Kier alpha value is -1.56. The summed E-state index contributed by atoms with van der Waals surface area (Å²) in [6.45, 7) is 5.24. The summed E-state index contributed by atoms with van der Waals surface area (Å²) in [5.74, 6) is -1.07. The first-order valence-electron chi connectivity index (χ1n) is 6.33. The number of aromatic nitrogens is 1. The van der Waals surface area contributed by atoms with E-state index in [-0.39, 0.29) is 17.8 Å². The topological polar surface area (TPSA) is 78.6 Å². The van der Waals surface area contributed by atoms with Crippen molar-refractivity contribution in [3.63, 3.8) is 0 Å². The molecule has 1 unspecified atom stereocenters. The van der Waals surface area contributed by atoms with Gasteiger partial charge in [0.25, 0.3) is 6.01 Å². The van der Waals surface area contributed by atoms with E-state index in [1.54, 1.807) is 0 Å². The highest BCUT2D eigenvalue weighted by Crippen LogP contribution is 2.12. The highest BCUT2D eigenvalue weighted by Gasteiger charge is 2.16. The van der Waals surface area contributed by atoms with Crippen molar-refractivity contribution in [3.8, 4) is 0 Å². The summed E-state index contributed by atoms with van der Waals surface area (Å²) >= 11 is 0. The van der Waals surface area contributed by atoms with E-state index >= 15 is 0 Å². The number of oxazole rings is 1. The lowest BCUT2D eigenvalue weighted by atomic mass is 10.1. The molecule has 2 heterocycles. The Kier molecular flexibility index (Phi) is 4.19. The summed E-state index contributed by atoms with van der Waals surface area (Å²) in [6.07, 6.45) is 4.99. The smallest absolute Gasteiger partial charge is 0.357 e. The average molecular weight is 253 g/mol. The monoisotopic (exact) mass is 253 g/mol. The van der Waals surface area contributed by atoms with Gasteiger partial charge >= 0.3 is 5.97 Å². The Labute approximate surface area is 106 Å². The second-order valence-electron chi connectivity index (χ2n) is 4.75. The van der Waals surface area contributed by atoms with Gasteiger partial charge in [-0.3, -0.25) is 0 Å². The number of anilines is 1. The minimum Gasteiger partial charge on any atom is -0.476 e. The van der Waals surface area contributed by atoms with Gasteiger partial charge in [-0.2, -0.15) is 4.98 Å². The molecule has 18 heavy (non-hydrogen) atoms. The zero-order valence-corrected chi connectivity index (χ0v) is 10.6. The molecule has 2 rings (SSSR count). The molecule has 0 saturated carbocycles. The number of hydrogen-bond donors (Lipinski definition) is 2. The van der Waals surface area contributed by atoms with Gasteiger partial charge in [-0.1, -0.05) is 6.42 Å². The number of hydrogen-bond acceptors (Lipinski definition) is 5. The Morgan fingerprint density at radius 1 is 1.56 bits per heavy atom. The van der Waals surface area contributed by atoms with Crippen molar-refractivity contribution in [3.05, 3.63) is 12.0 Å². The van der Waals surface area contributed by atoms with E-state index in [9.17, 15) is 4.79 Å². The van der Waals surface area contributed by atoms with Crippen LogP contribution in [0.1, 0.15) is 36.7 Å². The van der Waals surface area contributed by atoms with E-state index in [2.05, 4.69) is 15.2 Å². The molecule has 1 aromatic heterocycles. The van der Waals surface area contributed by atoms with Crippen LogP contribution in [0.15, 0.2) is 10.7 Å². The highest BCUT2D eigenvalue weighted by atomic mass is 16.4. The molecule has 1 atom stereocenters. The van der Waals surface area contributed by atoms with Gasteiger partial charge in [-0.25, -0.2) is 4.79 Å². The first kappa shape index (κ1) is 12.9. The third-order valence-corrected chi connectivity index (χ3v) is 3.07. The third kappa shape index (κ3) is 3.46. The van der Waals surface area contributed by atoms with Crippen LogP contribution in [-0.4, -0.2) is 46.6 Å². The van der Waals surface area contributed by atoms with Crippen molar-refractivity contribution in [2.75, 3.05) is 25.0 Å². The van der Waals surface area contributed by atoms with E-state index in [0.717, 1.165) is 25.9 Å². The highest BCUT2D eigenvalue weighted by molar-refractivity contribution is 5.85. The van der Waals surface area contributed by atoms with Crippen molar-refractivity contribution in [2.45, 2.75) is 32.2 Å². The maximum atomic E-state index is 10.7. The standard InChI is InChI=1S/C12H19N3O3/c1-9(7-15-5-3-2-4-6-15)13-12-14-10(8-18-12)11(16)17/h8-9H,2-7H2,1H3,(H,13,14)(H,16,17). The average Bonchev–Trinajstić information content (AvgIpc) is 2.78. The molecule has 0 radical (unpaired) electrons. The van der Waals surface area contributed by atoms with E-state index < -0.39 is 5.97 Å². The summed E-state index contributed by atoms with van der Waals surface area (Å²) in [4.78, 5) is 16.9. The summed E-state index contributed by atoms with van der Waals surface area (Å²) in [5.41, 5.74) is -0.0670. The first-order chi connectivity index (χ1) is 8.65. The predicted octanol–water partition coefficient (Wildman–Crippen LogP) is 1.66. The zero-order valence-electron chi connectivity index (χ0n) is 10.6. The molecule has 2 N–H and O–H groups in total. The van der Waals surface area contributed by atoms with Crippen LogP contribution in [-0.2, 0) is 0 Å². The fourth-order valence-electron chi connectivity index (χ4n) is 2.22. The molecule has 6 heteroatoms. The van der Waals surface area contributed by atoms with Crippen LogP contribution >= 0.6 is 0 Å². The maximum Gasteiger partial charge on any atom is 0.357 e. The lowest BCUT2D eigenvalue weighted by Crippen LogP contribution is -2.38. The van der Waals surface area contributed by atoms with Gasteiger partial charge in [0.2, 0.25) is 0 Å². The first-order valence-corrected chi connectivity index (χ1v) is 6.33. The number of carbonyl (C=O) groups is 1. The lowest BCUT2D eigenvalue weighted by Gasteiger charge is -2.29. The van der Waals surface area contributed by atoms with Gasteiger partial charge < -0.3 is 19.7 Å². The van der Waals surface area contributed by atoms with Crippen LogP contribution < -0.4 is 5.32 Å². The number of nitrogens with one attached hydrogen (secondary N) is 1. The molecule has 1 fully saturated rings. The van der Waals surface area contributed by atoms with E-state index in [4.69, 9.17) is 9.52 Å². The van der Waals surface area contributed by atoms with Gasteiger partial charge in [0.1, 0.15) is 6.26 Å². The second kappa shape index (κ2) is 5.86.